The highest BCUT2D eigenvalue weighted by molar-refractivity contribution is 5.65. The van der Waals surface area contributed by atoms with Crippen molar-refractivity contribution >= 4 is 5.69 Å². The van der Waals surface area contributed by atoms with Crippen LogP contribution in [-0.4, -0.2) is 45.9 Å². The molecule has 0 amide bonds. The number of hydrogen-bond donors (Lipinski definition) is 2. The first kappa shape index (κ1) is 12.5. The third kappa shape index (κ3) is 1.90. The lowest BCUT2D eigenvalue weighted by molar-refractivity contribution is 0.224. The number of anilines is 1. The number of piperazine rings is 1. The molecule has 0 radical (unpaired) electrons. The summed E-state index contributed by atoms with van der Waals surface area (Å²) < 4.78 is 6.17. The van der Waals surface area contributed by atoms with Gasteiger partial charge in [0.2, 0.25) is 0 Å². The molecule has 2 N–H and O–H groups in total. The van der Waals surface area contributed by atoms with E-state index < -0.39 is 0 Å². The maximum Gasteiger partial charge on any atom is 0.146 e. The predicted molar refractivity (Wildman–Crippen MR) is 80.8 cm³/mol. The molecule has 3 aliphatic heterocycles. The molecule has 20 heavy (non-hydrogen) atoms. The molecule has 3 heterocycles. The number of nitrogens with one attached hydrogen (secondary N) is 2. The fraction of sp³-hybridized carbons (Fsp3) is 0.625. The van der Waals surface area contributed by atoms with E-state index in [0.29, 0.717) is 0 Å². The third-order valence-electron chi connectivity index (χ3n) is 4.99. The van der Waals surface area contributed by atoms with E-state index >= 15 is 0 Å². The van der Waals surface area contributed by atoms with Gasteiger partial charge in [-0.1, -0.05) is 12.1 Å². The van der Waals surface area contributed by atoms with Crippen molar-refractivity contribution in [1.82, 2.24) is 10.6 Å². The normalized spacial score (nSPS) is 29.3. The molecule has 2 saturated heterocycles. The molecule has 1 spiro atoms. The van der Waals surface area contributed by atoms with Gasteiger partial charge in [0.25, 0.3) is 0 Å². The lowest BCUT2D eigenvalue weighted by atomic mass is 9.76. The van der Waals surface area contributed by atoms with Gasteiger partial charge in [-0.2, -0.15) is 0 Å². The molecular weight excluding hydrogens is 250 g/mol. The van der Waals surface area contributed by atoms with Crippen molar-refractivity contribution in [3.63, 3.8) is 0 Å². The highest BCUT2D eigenvalue weighted by Crippen LogP contribution is 2.47. The molecule has 1 aromatic rings. The summed E-state index contributed by atoms with van der Waals surface area (Å²) in [6.07, 6.45) is 2.50. The monoisotopic (exact) mass is 273 g/mol. The van der Waals surface area contributed by atoms with Crippen LogP contribution >= 0.6 is 0 Å². The van der Waals surface area contributed by atoms with E-state index in [1.165, 1.54) is 24.1 Å². The van der Waals surface area contributed by atoms with E-state index in [-0.39, 0.29) is 5.41 Å². The van der Waals surface area contributed by atoms with Gasteiger partial charge in [-0.05, 0) is 25.5 Å². The first-order chi connectivity index (χ1) is 9.89. The highest BCUT2D eigenvalue weighted by Gasteiger charge is 2.42. The van der Waals surface area contributed by atoms with Crippen molar-refractivity contribution in [1.29, 1.82) is 0 Å². The van der Waals surface area contributed by atoms with Crippen molar-refractivity contribution in [3.05, 3.63) is 23.8 Å². The average molecular weight is 273 g/mol. The summed E-state index contributed by atoms with van der Waals surface area (Å²) in [5.74, 6) is 1.15. The molecule has 1 atom stereocenters. The van der Waals surface area contributed by atoms with Crippen molar-refractivity contribution in [2.45, 2.75) is 18.3 Å². The van der Waals surface area contributed by atoms with Crippen molar-refractivity contribution in [3.8, 4) is 5.75 Å². The Labute approximate surface area is 120 Å². The zero-order valence-corrected chi connectivity index (χ0v) is 12.0. The Morgan fingerprint density at radius 3 is 2.80 bits per heavy atom. The molecule has 0 aromatic heterocycles. The largest absolute Gasteiger partial charge is 0.490 e. The number of ether oxygens (including phenoxy) is 1. The van der Waals surface area contributed by atoms with Gasteiger partial charge in [0.1, 0.15) is 5.75 Å². The SMILES string of the molecule is c1cc(N2CCNCC2)c2c(c1)C1(CCCNC1)CO2. The zero-order chi connectivity index (χ0) is 13.4. The Bertz CT molecular complexity index is 490. The summed E-state index contributed by atoms with van der Waals surface area (Å²) in [4.78, 5) is 2.46. The number of para-hydroxylation sites is 1. The maximum atomic E-state index is 6.17. The van der Waals surface area contributed by atoms with Crippen LogP contribution in [0.25, 0.3) is 0 Å². The van der Waals surface area contributed by atoms with E-state index in [4.69, 9.17) is 4.74 Å². The molecule has 4 rings (SSSR count). The molecule has 0 bridgehead atoms. The number of fused-ring (bicyclic) bond motifs is 2. The molecule has 2 fully saturated rings. The van der Waals surface area contributed by atoms with Crippen LogP contribution in [0.4, 0.5) is 5.69 Å². The standard InChI is InChI=1S/C16H23N3O/c1-3-13-15(14(4-1)19-9-7-17-8-10-19)20-12-16(13)5-2-6-18-11-16/h1,3-4,17-18H,2,5-12H2. The summed E-state index contributed by atoms with van der Waals surface area (Å²) in [7, 11) is 0. The minimum Gasteiger partial charge on any atom is -0.490 e. The molecule has 4 nitrogen and oxygen atoms in total. The van der Waals surface area contributed by atoms with E-state index in [0.717, 1.165) is 51.6 Å². The van der Waals surface area contributed by atoms with Crippen LogP contribution in [0.3, 0.4) is 0 Å². The Kier molecular flexibility index (Phi) is 3.08. The van der Waals surface area contributed by atoms with E-state index in [9.17, 15) is 0 Å². The fourth-order valence-corrected chi connectivity index (χ4v) is 3.86. The van der Waals surface area contributed by atoms with Crippen LogP contribution in [-0.2, 0) is 5.41 Å². The second-order valence-electron chi connectivity index (χ2n) is 6.24. The molecule has 4 heteroatoms. The van der Waals surface area contributed by atoms with Crippen LogP contribution in [0.1, 0.15) is 18.4 Å². The van der Waals surface area contributed by atoms with Gasteiger partial charge in [0, 0.05) is 43.7 Å². The average Bonchev–Trinajstić information content (AvgIpc) is 2.88. The van der Waals surface area contributed by atoms with Crippen LogP contribution in [0.5, 0.6) is 5.75 Å². The molecule has 0 saturated carbocycles. The Hall–Kier alpha value is -1.26. The number of rotatable bonds is 1. The van der Waals surface area contributed by atoms with Gasteiger partial charge in [-0.3, -0.25) is 0 Å². The predicted octanol–water partition coefficient (Wildman–Crippen LogP) is 1.11. The Morgan fingerprint density at radius 2 is 2.00 bits per heavy atom. The molecule has 1 aromatic carbocycles. The summed E-state index contributed by atoms with van der Waals surface area (Å²) in [5, 5.41) is 6.97. The van der Waals surface area contributed by atoms with Crippen molar-refractivity contribution < 1.29 is 4.74 Å². The van der Waals surface area contributed by atoms with E-state index in [1.807, 2.05) is 0 Å². The summed E-state index contributed by atoms with van der Waals surface area (Å²) in [6, 6.07) is 6.71. The first-order valence-electron chi connectivity index (χ1n) is 7.82. The van der Waals surface area contributed by atoms with Crippen LogP contribution < -0.4 is 20.3 Å². The van der Waals surface area contributed by atoms with Gasteiger partial charge >= 0.3 is 0 Å². The van der Waals surface area contributed by atoms with Gasteiger partial charge in [-0.25, -0.2) is 0 Å². The molecule has 0 aliphatic carbocycles. The van der Waals surface area contributed by atoms with Gasteiger partial charge in [-0.15, -0.1) is 0 Å². The third-order valence-corrected chi connectivity index (χ3v) is 4.99. The zero-order valence-electron chi connectivity index (χ0n) is 12.0. The fourth-order valence-electron chi connectivity index (χ4n) is 3.86. The van der Waals surface area contributed by atoms with E-state index in [2.05, 4.69) is 33.7 Å². The molecule has 108 valence electrons. The second kappa shape index (κ2) is 4.93. The number of piperidine rings is 1. The lowest BCUT2D eigenvalue weighted by Crippen LogP contribution is -2.44. The van der Waals surface area contributed by atoms with Gasteiger partial charge < -0.3 is 20.3 Å². The van der Waals surface area contributed by atoms with Gasteiger partial charge in [0.05, 0.1) is 12.3 Å². The summed E-state index contributed by atoms with van der Waals surface area (Å²) in [5.41, 5.74) is 2.95. The molecule has 3 aliphatic rings. The second-order valence-corrected chi connectivity index (χ2v) is 6.24. The highest BCUT2D eigenvalue weighted by atomic mass is 16.5. The maximum absolute atomic E-state index is 6.17. The number of hydrogen-bond acceptors (Lipinski definition) is 4. The lowest BCUT2D eigenvalue weighted by Gasteiger charge is -2.33. The smallest absolute Gasteiger partial charge is 0.146 e. The quantitative estimate of drug-likeness (QED) is 0.804. The molecular formula is C16H23N3O. The van der Waals surface area contributed by atoms with Gasteiger partial charge in [0.15, 0.2) is 0 Å². The number of benzene rings is 1. The minimum absolute atomic E-state index is 0.220. The summed E-state index contributed by atoms with van der Waals surface area (Å²) >= 11 is 0. The Morgan fingerprint density at radius 1 is 1.10 bits per heavy atom. The van der Waals surface area contributed by atoms with Crippen molar-refractivity contribution in [2.24, 2.45) is 0 Å². The van der Waals surface area contributed by atoms with Crippen LogP contribution in [0.2, 0.25) is 0 Å². The van der Waals surface area contributed by atoms with Crippen molar-refractivity contribution in [2.75, 3.05) is 50.8 Å². The van der Waals surface area contributed by atoms with E-state index in [1.54, 1.807) is 0 Å². The topological polar surface area (TPSA) is 36.5 Å². The summed E-state index contributed by atoms with van der Waals surface area (Å²) in [6.45, 7) is 7.33. The minimum atomic E-state index is 0.220. The first-order valence-corrected chi connectivity index (χ1v) is 7.82. The number of nitrogens with zero attached hydrogens (tertiary/aromatic N) is 1. The van der Waals surface area contributed by atoms with Crippen LogP contribution in [0, 0.1) is 0 Å². The Balaban J connectivity index is 1.70. The molecule has 1 unspecified atom stereocenters. The van der Waals surface area contributed by atoms with Crippen LogP contribution in [0.15, 0.2) is 18.2 Å².